The molecule has 0 unspecified atom stereocenters. The number of hydrogen-bond donors (Lipinski definition) is 1. The lowest BCUT2D eigenvalue weighted by Crippen LogP contribution is -2.00. The van der Waals surface area contributed by atoms with E-state index in [1.807, 2.05) is 54.6 Å². The monoisotopic (exact) mass is 444 g/mol. The second-order valence-corrected chi connectivity index (χ2v) is 7.67. The maximum absolute atomic E-state index is 13.6. The number of nitriles is 2. The van der Waals surface area contributed by atoms with Crippen molar-refractivity contribution in [3.8, 4) is 17.9 Å². The van der Waals surface area contributed by atoms with Gasteiger partial charge in [-0.25, -0.2) is 9.37 Å². The molecule has 0 amide bonds. The van der Waals surface area contributed by atoms with E-state index >= 15 is 0 Å². The van der Waals surface area contributed by atoms with Crippen LogP contribution in [0.3, 0.4) is 0 Å². The maximum Gasteiger partial charge on any atom is 0.149 e. The van der Waals surface area contributed by atoms with E-state index in [2.05, 4.69) is 22.1 Å². The molecule has 0 saturated carbocycles. The molecule has 4 aromatic carbocycles. The Morgan fingerprint density at radius 3 is 2.68 bits per heavy atom. The highest BCUT2D eigenvalue weighted by Gasteiger charge is 2.13. The molecule has 5 nitrogen and oxygen atoms in total. The van der Waals surface area contributed by atoms with Crippen molar-refractivity contribution < 1.29 is 9.13 Å². The molecule has 1 heterocycles. The lowest BCUT2D eigenvalue weighted by molar-refractivity contribution is 0.305. The van der Waals surface area contributed by atoms with Gasteiger partial charge in [0, 0.05) is 11.1 Å². The van der Waals surface area contributed by atoms with Crippen LogP contribution >= 0.6 is 0 Å². The van der Waals surface area contributed by atoms with E-state index in [-0.39, 0.29) is 18.0 Å². The van der Waals surface area contributed by atoms with Gasteiger partial charge in [0.2, 0.25) is 0 Å². The van der Waals surface area contributed by atoms with Crippen LogP contribution in [0.25, 0.3) is 33.5 Å². The summed E-state index contributed by atoms with van der Waals surface area (Å²) in [6.45, 7) is 0.203. The number of aromatic nitrogens is 2. The molecule has 162 valence electrons. The first kappa shape index (κ1) is 20.9. The molecule has 5 rings (SSSR count). The van der Waals surface area contributed by atoms with E-state index in [4.69, 9.17) is 4.74 Å². The van der Waals surface area contributed by atoms with Crippen molar-refractivity contribution in [3.05, 3.63) is 107 Å². The second-order valence-electron chi connectivity index (χ2n) is 7.67. The average molecular weight is 444 g/mol. The zero-order chi connectivity index (χ0) is 23.5. The molecule has 0 aliphatic heterocycles. The summed E-state index contributed by atoms with van der Waals surface area (Å²) in [6.07, 6.45) is 1.72. The Bertz CT molecular complexity index is 1650. The predicted molar refractivity (Wildman–Crippen MR) is 129 cm³/mol. The number of halogens is 1. The Hall–Kier alpha value is -4.94. The Morgan fingerprint density at radius 2 is 1.82 bits per heavy atom. The van der Waals surface area contributed by atoms with Crippen LogP contribution in [-0.4, -0.2) is 9.97 Å². The number of benzene rings is 4. The van der Waals surface area contributed by atoms with Gasteiger partial charge in [0.05, 0.1) is 28.2 Å². The molecule has 1 N–H and O–H groups in total. The third-order valence-electron chi connectivity index (χ3n) is 5.56. The van der Waals surface area contributed by atoms with Gasteiger partial charge in [0.15, 0.2) is 0 Å². The lowest BCUT2D eigenvalue weighted by Gasteiger charge is -2.13. The van der Waals surface area contributed by atoms with Crippen LogP contribution in [0, 0.1) is 28.5 Å². The Balaban J connectivity index is 1.61. The van der Waals surface area contributed by atoms with Crippen LogP contribution in [0.4, 0.5) is 4.39 Å². The summed E-state index contributed by atoms with van der Waals surface area (Å²) in [7, 11) is 0. The predicted octanol–water partition coefficient (Wildman–Crippen LogP) is 6.37. The quantitative estimate of drug-likeness (QED) is 0.319. The summed E-state index contributed by atoms with van der Waals surface area (Å²) < 4.78 is 19.8. The summed E-state index contributed by atoms with van der Waals surface area (Å²) in [6, 6.07) is 27.5. The van der Waals surface area contributed by atoms with E-state index in [9.17, 15) is 14.9 Å². The maximum atomic E-state index is 13.6. The van der Waals surface area contributed by atoms with Crippen molar-refractivity contribution in [2.45, 2.75) is 6.61 Å². The molecule has 6 heteroatoms. The number of ether oxygens (including phenoxy) is 1. The number of imidazole rings is 1. The minimum atomic E-state index is -0.382. The number of hydrogen-bond acceptors (Lipinski definition) is 4. The zero-order valence-corrected chi connectivity index (χ0v) is 17.9. The van der Waals surface area contributed by atoms with Gasteiger partial charge >= 0.3 is 0 Å². The first-order valence-corrected chi connectivity index (χ1v) is 10.6. The standard InChI is InChI=1S/C28H17FN4O/c29-22-10-11-25-26(14-22)33-28(32-25)21(16-31)13-24-23-8-4-3-5-18(23)9-12-27(24)34-17-20-7-2-1-6-19(20)15-30/h1-14H,17H2,(H,32,33)/b21-13-. The number of nitrogens with zero attached hydrogens (tertiary/aromatic N) is 3. The highest BCUT2D eigenvalue weighted by atomic mass is 19.1. The Labute approximate surface area is 195 Å². The molecule has 0 aliphatic rings. The van der Waals surface area contributed by atoms with Gasteiger partial charge in [-0.1, -0.05) is 48.5 Å². The van der Waals surface area contributed by atoms with Crippen molar-refractivity contribution in [1.82, 2.24) is 9.97 Å². The molecule has 5 aromatic rings. The number of H-pyrrole nitrogens is 1. The fourth-order valence-electron chi connectivity index (χ4n) is 3.87. The molecular weight excluding hydrogens is 427 g/mol. The fourth-order valence-corrected chi connectivity index (χ4v) is 3.87. The number of rotatable bonds is 5. The van der Waals surface area contributed by atoms with Crippen LogP contribution in [0.1, 0.15) is 22.5 Å². The van der Waals surface area contributed by atoms with Crippen molar-refractivity contribution in [2.75, 3.05) is 0 Å². The highest BCUT2D eigenvalue weighted by Crippen LogP contribution is 2.32. The zero-order valence-electron chi connectivity index (χ0n) is 17.9. The summed E-state index contributed by atoms with van der Waals surface area (Å²) in [5, 5.41) is 21.2. The molecule has 0 bridgehead atoms. The third-order valence-corrected chi connectivity index (χ3v) is 5.56. The topological polar surface area (TPSA) is 85.5 Å². The summed E-state index contributed by atoms with van der Waals surface area (Å²) >= 11 is 0. The molecule has 1 aromatic heterocycles. The van der Waals surface area contributed by atoms with Gasteiger partial charge < -0.3 is 9.72 Å². The van der Waals surface area contributed by atoms with Gasteiger partial charge in [-0.3, -0.25) is 0 Å². The van der Waals surface area contributed by atoms with E-state index in [1.165, 1.54) is 12.1 Å². The number of fused-ring (bicyclic) bond motifs is 2. The minimum Gasteiger partial charge on any atom is -0.488 e. The first-order chi connectivity index (χ1) is 16.7. The summed E-state index contributed by atoms with van der Waals surface area (Å²) in [5.74, 6) is 0.533. The minimum absolute atomic E-state index is 0.203. The molecular formula is C28H17FN4O. The van der Waals surface area contributed by atoms with E-state index in [0.29, 0.717) is 28.2 Å². The van der Waals surface area contributed by atoms with E-state index in [0.717, 1.165) is 21.9 Å². The van der Waals surface area contributed by atoms with Crippen LogP contribution in [0.2, 0.25) is 0 Å². The molecule has 0 radical (unpaired) electrons. The van der Waals surface area contributed by atoms with E-state index < -0.39 is 0 Å². The van der Waals surface area contributed by atoms with Crippen molar-refractivity contribution in [1.29, 1.82) is 10.5 Å². The van der Waals surface area contributed by atoms with Gasteiger partial charge in [0.25, 0.3) is 0 Å². The molecule has 0 aliphatic carbocycles. The van der Waals surface area contributed by atoms with Crippen molar-refractivity contribution >= 4 is 33.5 Å². The van der Waals surface area contributed by atoms with Crippen molar-refractivity contribution in [3.63, 3.8) is 0 Å². The largest absolute Gasteiger partial charge is 0.488 e. The number of allylic oxidation sites excluding steroid dienone is 1. The normalized spacial score (nSPS) is 11.3. The van der Waals surface area contributed by atoms with Gasteiger partial charge in [-0.15, -0.1) is 0 Å². The molecule has 0 fully saturated rings. The molecule has 34 heavy (non-hydrogen) atoms. The van der Waals surface area contributed by atoms with Crippen molar-refractivity contribution in [2.24, 2.45) is 0 Å². The van der Waals surface area contributed by atoms with Gasteiger partial charge in [-0.2, -0.15) is 10.5 Å². The Morgan fingerprint density at radius 1 is 1.00 bits per heavy atom. The van der Waals surface area contributed by atoms with Crippen LogP contribution < -0.4 is 4.74 Å². The second kappa shape index (κ2) is 8.90. The summed E-state index contributed by atoms with van der Waals surface area (Å²) in [4.78, 5) is 7.49. The molecule has 0 spiro atoms. The van der Waals surface area contributed by atoms with E-state index in [1.54, 1.807) is 18.2 Å². The van der Waals surface area contributed by atoms with Gasteiger partial charge in [-0.05, 0) is 47.2 Å². The average Bonchev–Trinajstić information content (AvgIpc) is 3.29. The third kappa shape index (κ3) is 3.97. The van der Waals surface area contributed by atoms with Crippen LogP contribution in [0.5, 0.6) is 5.75 Å². The van der Waals surface area contributed by atoms with Crippen LogP contribution in [0.15, 0.2) is 78.9 Å². The summed E-state index contributed by atoms with van der Waals surface area (Å²) in [5.41, 5.74) is 3.41. The SMILES string of the molecule is N#C/C(=C/c1c(OCc2ccccc2C#N)ccc2ccccc12)c1nc2ccc(F)cc2[nH]1. The van der Waals surface area contributed by atoms with Crippen LogP contribution in [-0.2, 0) is 6.61 Å². The first-order valence-electron chi connectivity index (χ1n) is 10.6. The number of aromatic amines is 1. The fraction of sp³-hybridized carbons (Fsp3) is 0.0357. The molecule has 0 saturated heterocycles. The number of nitrogens with one attached hydrogen (secondary N) is 1. The Kier molecular flexibility index (Phi) is 5.48. The highest BCUT2D eigenvalue weighted by molar-refractivity contribution is 6.00. The van der Waals surface area contributed by atoms with Gasteiger partial charge in [0.1, 0.15) is 30.1 Å². The lowest BCUT2D eigenvalue weighted by atomic mass is 10.0. The molecule has 0 atom stereocenters. The smallest absolute Gasteiger partial charge is 0.149 e.